The summed E-state index contributed by atoms with van der Waals surface area (Å²) >= 11 is 0. The third kappa shape index (κ3) is 2.00. The highest BCUT2D eigenvalue weighted by Gasteiger charge is 2.55. The minimum atomic E-state index is -1.13. The molecule has 1 aliphatic rings. The van der Waals surface area contributed by atoms with Crippen molar-refractivity contribution in [1.29, 1.82) is 0 Å². The topological polar surface area (TPSA) is 57.5 Å². The van der Waals surface area contributed by atoms with Crippen LogP contribution >= 0.6 is 0 Å². The highest BCUT2D eigenvalue weighted by Crippen LogP contribution is 2.56. The zero-order valence-electron chi connectivity index (χ0n) is 9.45. The van der Waals surface area contributed by atoms with Gasteiger partial charge >= 0.3 is 5.97 Å². The maximum absolute atomic E-state index is 10.6. The molecule has 0 bridgehead atoms. The van der Waals surface area contributed by atoms with E-state index >= 15 is 0 Å². The molecule has 3 heteroatoms. The van der Waals surface area contributed by atoms with Crippen molar-refractivity contribution < 1.29 is 15.0 Å². The van der Waals surface area contributed by atoms with Gasteiger partial charge in [0, 0.05) is 12.3 Å². The summed E-state index contributed by atoms with van der Waals surface area (Å²) in [5.74, 6) is 1.69. The van der Waals surface area contributed by atoms with Crippen molar-refractivity contribution in [3.8, 4) is 12.3 Å². The second-order valence-electron chi connectivity index (χ2n) is 5.20. The molecule has 0 amide bonds. The SMILES string of the molecule is C#C[C@@](C)(O)[C@@H]1C[C@H](CC(=O)O)C1(C)C. The van der Waals surface area contributed by atoms with Crippen molar-refractivity contribution in [1.82, 2.24) is 0 Å². The second-order valence-corrected chi connectivity index (χ2v) is 5.20. The standard InChI is InChI=1S/C12H18O3/c1-5-12(4,15)9-6-8(7-10(13)14)11(9,2)3/h1,8-9,15H,6-7H2,2-4H3,(H,13,14)/t8-,9-,12-/m1/s1. The molecule has 0 aromatic carbocycles. The fraction of sp³-hybridized carbons (Fsp3) is 0.750. The normalized spacial score (nSPS) is 32.2. The molecule has 0 radical (unpaired) electrons. The highest BCUT2D eigenvalue weighted by molar-refractivity contribution is 5.67. The first kappa shape index (κ1) is 12.1. The van der Waals surface area contributed by atoms with Gasteiger partial charge in [0.2, 0.25) is 0 Å². The maximum atomic E-state index is 10.6. The van der Waals surface area contributed by atoms with Crippen molar-refractivity contribution in [3.05, 3.63) is 0 Å². The minimum Gasteiger partial charge on any atom is -0.481 e. The van der Waals surface area contributed by atoms with Crippen LogP contribution in [-0.2, 0) is 4.79 Å². The van der Waals surface area contributed by atoms with Gasteiger partial charge in [0.1, 0.15) is 5.60 Å². The molecule has 1 aliphatic carbocycles. The molecule has 0 aromatic rings. The highest BCUT2D eigenvalue weighted by atomic mass is 16.4. The number of terminal acetylenes is 1. The summed E-state index contributed by atoms with van der Waals surface area (Å²) < 4.78 is 0. The molecule has 2 N–H and O–H groups in total. The Hall–Kier alpha value is -1.01. The van der Waals surface area contributed by atoms with E-state index in [9.17, 15) is 9.90 Å². The molecule has 1 rings (SSSR count). The van der Waals surface area contributed by atoms with Crippen molar-refractivity contribution in [3.63, 3.8) is 0 Å². The average molecular weight is 210 g/mol. The van der Waals surface area contributed by atoms with Gasteiger partial charge in [-0.25, -0.2) is 0 Å². The number of aliphatic carboxylic acids is 1. The van der Waals surface area contributed by atoms with Crippen LogP contribution in [-0.4, -0.2) is 21.8 Å². The molecule has 0 unspecified atom stereocenters. The van der Waals surface area contributed by atoms with Gasteiger partial charge in [0.15, 0.2) is 0 Å². The molecule has 0 aromatic heterocycles. The van der Waals surface area contributed by atoms with Crippen molar-refractivity contribution in [2.75, 3.05) is 0 Å². The van der Waals surface area contributed by atoms with Gasteiger partial charge in [-0.05, 0) is 24.7 Å². The van der Waals surface area contributed by atoms with Gasteiger partial charge in [0.25, 0.3) is 0 Å². The van der Waals surface area contributed by atoms with E-state index in [2.05, 4.69) is 5.92 Å². The van der Waals surface area contributed by atoms with Crippen LogP contribution in [0.2, 0.25) is 0 Å². The third-order valence-corrected chi connectivity index (χ3v) is 3.86. The van der Waals surface area contributed by atoms with E-state index < -0.39 is 11.6 Å². The Morgan fingerprint density at radius 2 is 2.20 bits per heavy atom. The van der Waals surface area contributed by atoms with Crippen molar-refractivity contribution in [2.24, 2.45) is 17.3 Å². The Morgan fingerprint density at radius 3 is 2.53 bits per heavy atom. The Labute approximate surface area is 90.5 Å². The van der Waals surface area contributed by atoms with Crippen LogP contribution in [0.1, 0.15) is 33.6 Å². The molecule has 84 valence electrons. The molecule has 0 spiro atoms. The molecular weight excluding hydrogens is 192 g/mol. The lowest BCUT2D eigenvalue weighted by atomic mass is 9.49. The van der Waals surface area contributed by atoms with Gasteiger partial charge in [-0.1, -0.05) is 19.8 Å². The van der Waals surface area contributed by atoms with Crippen LogP contribution in [0.15, 0.2) is 0 Å². The van der Waals surface area contributed by atoms with Crippen molar-refractivity contribution >= 4 is 5.97 Å². The lowest BCUT2D eigenvalue weighted by molar-refractivity contribution is -0.152. The number of hydrogen-bond donors (Lipinski definition) is 2. The molecule has 3 nitrogen and oxygen atoms in total. The van der Waals surface area contributed by atoms with Crippen LogP contribution in [0.25, 0.3) is 0 Å². The predicted molar refractivity (Wildman–Crippen MR) is 57.1 cm³/mol. The summed E-state index contributed by atoms with van der Waals surface area (Å²) in [7, 11) is 0. The lowest BCUT2D eigenvalue weighted by Crippen LogP contribution is -2.55. The summed E-state index contributed by atoms with van der Waals surface area (Å²) in [5.41, 5.74) is -1.33. The number of carboxylic acids is 1. The van der Waals surface area contributed by atoms with Crippen LogP contribution < -0.4 is 0 Å². The maximum Gasteiger partial charge on any atom is 0.303 e. The first-order valence-electron chi connectivity index (χ1n) is 5.13. The molecule has 0 aliphatic heterocycles. The lowest BCUT2D eigenvalue weighted by Gasteiger charge is -2.56. The molecular formula is C12H18O3. The van der Waals surface area contributed by atoms with Crippen LogP contribution in [0.3, 0.4) is 0 Å². The summed E-state index contributed by atoms with van der Waals surface area (Å²) in [4.78, 5) is 10.6. The van der Waals surface area contributed by atoms with E-state index in [1.54, 1.807) is 6.92 Å². The van der Waals surface area contributed by atoms with Crippen LogP contribution in [0, 0.1) is 29.6 Å². The van der Waals surface area contributed by atoms with Gasteiger partial charge in [-0.15, -0.1) is 6.42 Å². The second kappa shape index (κ2) is 3.53. The Morgan fingerprint density at radius 1 is 1.67 bits per heavy atom. The first-order valence-corrected chi connectivity index (χ1v) is 5.13. The average Bonchev–Trinajstić information content (AvgIpc) is 2.11. The van der Waals surface area contributed by atoms with Crippen molar-refractivity contribution in [2.45, 2.75) is 39.2 Å². The Balaban J connectivity index is 2.72. The van der Waals surface area contributed by atoms with E-state index in [4.69, 9.17) is 11.5 Å². The molecule has 15 heavy (non-hydrogen) atoms. The van der Waals surface area contributed by atoms with E-state index in [1.807, 2.05) is 13.8 Å². The molecule has 1 saturated carbocycles. The number of carbonyl (C=O) groups is 1. The largest absolute Gasteiger partial charge is 0.481 e. The van der Waals surface area contributed by atoms with Crippen LogP contribution in [0.5, 0.6) is 0 Å². The molecule has 1 fully saturated rings. The zero-order valence-corrected chi connectivity index (χ0v) is 9.45. The minimum absolute atomic E-state index is 0.0145. The van der Waals surface area contributed by atoms with Gasteiger partial charge < -0.3 is 10.2 Å². The number of hydrogen-bond acceptors (Lipinski definition) is 2. The molecule has 3 atom stereocenters. The number of rotatable bonds is 3. The van der Waals surface area contributed by atoms with Gasteiger partial charge in [-0.2, -0.15) is 0 Å². The van der Waals surface area contributed by atoms with E-state index in [-0.39, 0.29) is 23.7 Å². The first-order chi connectivity index (χ1) is 6.71. The predicted octanol–water partition coefficient (Wildman–Crippen LogP) is 1.51. The number of carboxylic acid groups (broad SMARTS) is 1. The van der Waals surface area contributed by atoms with Gasteiger partial charge in [0.05, 0.1) is 0 Å². The van der Waals surface area contributed by atoms with E-state index in [0.29, 0.717) is 6.42 Å². The fourth-order valence-electron chi connectivity index (χ4n) is 2.63. The number of aliphatic hydroxyl groups is 1. The van der Waals surface area contributed by atoms with Crippen LogP contribution in [0.4, 0.5) is 0 Å². The monoisotopic (exact) mass is 210 g/mol. The molecule has 0 saturated heterocycles. The third-order valence-electron chi connectivity index (χ3n) is 3.86. The zero-order chi connectivity index (χ0) is 11.9. The molecule has 0 heterocycles. The summed E-state index contributed by atoms with van der Waals surface area (Å²) in [6, 6.07) is 0. The Bertz CT molecular complexity index is 309. The van der Waals surface area contributed by atoms with Gasteiger partial charge in [-0.3, -0.25) is 4.79 Å². The Kier molecular flexibility index (Phi) is 2.84. The smallest absolute Gasteiger partial charge is 0.303 e. The van der Waals surface area contributed by atoms with E-state index in [1.165, 1.54) is 0 Å². The summed E-state index contributed by atoms with van der Waals surface area (Å²) in [6.07, 6.45) is 6.12. The summed E-state index contributed by atoms with van der Waals surface area (Å²) in [5, 5.41) is 18.7. The van der Waals surface area contributed by atoms with E-state index in [0.717, 1.165) is 0 Å². The fourth-order valence-corrected chi connectivity index (χ4v) is 2.63. The quantitative estimate of drug-likeness (QED) is 0.694. The summed E-state index contributed by atoms with van der Waals surface area (Å²) in [6.45, 7) is 5.57.